The van der Waals surface area contributed by atoms with Crippen LogP contribution in [0.25, 0.3) is 10.6 Å². The van der Waals surface area contributed by atoms with Crippen LogP contribution in [0.2, 0.25) is 0 Å². The van der Waals surface area contributed by atoms with Crippen LogP contribution in [0.15, 0.2) is 48.5 Å². The van der Waals surface area contributed by atoms with Crippen LogP contribution in [0.3, 0.4) is 0 Å². The van der Waals surface area contributed by atoms with Gasteiger partial charge in [-0.05, 0) is 35.2 Å². The van der Waals surface area contributed by atoms with Gasteiger partial charge in [0.1, 0.15) is 5.82 Å². The Labute approximate surface area is 149 Å². The first-order valence-electron chi connectivity index (χ1n) is 7.85. The summed E-state index contributed by atoms with van der Waals surface area (Å²) in [5.74, 6) is -0.633. The van der Waals surface area contributed by atoms with E-state index in [2.05, 4.69) is 36.3 Å². The third-order valence-corrected chi connectivity index (χ3v) is 4.63. The van der Waals surface area contributed by atoms with Gasteiger partial charge in [0.15, 0.2) is 5.01 Å². The summed E-state index contributed by atoms with van der Waals surface area (Å²) in [6, 6.07) is 13.8. The molecule has 1 amide bonds. The van der Waals surface area contributed by atoms with Crippen molar-refractivity contribution in [2.75, 3.05) is 5.32 Å². The first-order valence-corrected chi connectivity index (χ1v) is 8.66. The van der Waals surface area contributed by atoms with Crippen molar-refractivity contribution in [3.05, 3.63) is 65.5 Å². The van der Waals surface area contributed by atoms with E-state index in [0.29, 0.717) is 21.3 Å². The van der Waals surface area contributed by atoms with E-state index in [-0.39, 0.29) is 17.1 Å². The van der Waals surface area contributed by atoms with Gasteiger partial charge in [-0.15, -0.1) is 10.2 Å². The number of hydrogen-bond donors (Lipinski definition) is 1. The van der Waals surface area contributed by atoms with Gasteiger partial charge in [-0.1, -0.05) is 56.4 Å². The minimum atomic E-state index is -0.366. The number of carbonyl (C=O) groups excluding carboxylic acids is 1. The summed E-state index contributed by atoms with van der Waals surface area (Å²) in [7, 11) is 0. The molecule has 2 aromatic carbocycles. The number of aromatic nitrogens is 2. The van der Waals surface area contributed by atoms with E-state index < -0.39 is 0 Å². The highest BCUT2D eigenvalue weighted by Gasteiger charge is 2.16. The van der Waals surface area contributed by atoms with Crippen LogP contribution in [-0.4, -0.2) is 16.1 Å². The summed E-state index contributed by atoms with van der Waals surface area (Å²) in [6.45, 7) is 6.36. The van der Waals surface area contributed by atoms with Crippen LogP contribution in [0.5, 0.6) is 0 Å². The molecule has 0 aliphatic carbocycles. The topological polar surface area (TPSA) is 54.9 Å². The predicted octanol–water partition coefficient (Wildman–Crippen LogP) is 4.89. The first-order chi connectivity index (χ1) is 11.8. The third kappa shape index (κ3) is 3.91. The average molecular weight is 355 g/mol. The highest BCUT2D eigenvalue weighted by molar-refractivity contribution is 7.18. The summed E-state index contributed by atoms with van der Waals surface area (Å²) in [5.41, 5.74) is 2.09. The molecule has 0 unspecified atom stereocenters. The number of nitrogens with zero attached hydrogens (tertiary/aromatic N) is 2. The molecule has 0 fully saturated rings. The molecule has 6 heteroatoms. The van der Waals surface area contributed by atoms with E-state index >= 15 is 0 Å². The van der Waals surface area contributed by atoms with Crippen molar-refractivity contribution in [2.24, 2.45) is 0 Å². The quantitative estimate of drug-likeness (QED) is 0.727. The second-order valence-electron chi connectivity index (χ2n) is 6.67. The van der Waals surface area contributed by atoms with Crippen LogP contribution in [0, 0.1) is 5.82 Å². The maximum atomic E-state index is 13.8. The number of benzene rings is 2. The second kappa shape index (κ2) is 6.72. The molecule has 0 radical (unpaired) electrons. The van der Waals surface area contributed by atoms with Crippen molar-refractivity contribution in [1.29, 1.82) is 0 Å². The highest BCUT2D eigenvalue weighted by atomic mass is 32.1. The van der Waals surface area contributed by atoms with Crippen molar-refractivity contribution in [2.45, 2.75) is 26.2 Å². The maximum Gasteiger partial charge on any atom is 0.257 e. The van der Waals surface area contributed by atoms with Crippen LogP contribution >= 0.6 is 11.3 Å². The number of anilines is 1. The van der Waals surface area contributed by atoms with Crippen molar-refractivity contribution < 1.29 is 9.18 Å². The van der Waals surface area contributed by atoms with Gasteiger partial charge in [-0.25, -0.2) is 4.39 Å². The molecule has 128 valence electrons. The fraction of sp³-hybridized carbons (Fsp3) is 0.211. The first kappa shape index (κ1) is 17.2. The van der Waals surface area contributed by atoms with E-state index in [1.807, 2.05) is 12.1 Å². The number of amides is 1. The average Bonchev–Trinajstić information content (AvgIpc) is 3.03. The Morgan fingerprint density at radius 2 is 1.72 bits per heavy atom. The Bertz CT molecular complexity index is 898. The normalized spacial score (nSPS) is 11.4. The molecule has 1 aromatic heterocycles. The lowest BCUT2D eigenvalue weighted by Gasteiger charge is -2.18. The molecule has 0 saturated carbocycles. The SMILES string of the molecule is CC(C)(C)c1ccc(C(=O)Nc2nnc(-c3ccccc3F)s2)cc1. The molecule has 1 N–H and O–H groups in total. The smallest absolute Gasteiger partial charge is 0.257 e. The van der Waals surface area contributed by atoms with Gasteiger partial charge in [-0.2, -0.15) is 0 Å². The Kier molecular flexibility index (Phi) is 4.63. The zero-order chi connectivity index (χ0) is 18.0. The van der Waals surface area contributed by atoms with Crippen molar-refractivity contribution >= 4 is 22.4 Å². The Morgan fingerprint density at radius 1 is 1.04 bits per heavy atom. The molecule has 0 atom stereocenters. The number of nitrogens with one attached hydrogen (secondary N) is 1. The minimum absolute atomic E-state index is 0.0306. The fourth-order valence-electron chi connectivity index (χ4n) is 2.31. The van der Waals surface area contributed by atoms with Crippen LogP contribution in [0.1, 0.15) is 36.7 Å². The van der Waals surface area contributed by atoms with Crippen molar-refractivity contribution in [1.82, 2.24) is 10.2 Å². The minimum Gasteiger partial charge on any atom is -0.296 e. The van der Waals surface area contributed by atoms with E-state index in [1.54, 1.807) is 30.3 Å². The molecule has 0 aliphatic heterocycles. The number of rotatable bonds is 3. The summed E-state index contributed by atoms with van der Waals surface area (Å²) >= 11 is 1.14. The van der Waals surface area contributed by atoms with E-state index in [1.165, 1.54) is 6.07 Å². The van der Waals surface area contributed by atoms with E-state index in [4.69, 9.17) is 0 Å². The van der Waals surface area contributed by atoms with Crippen LogP contribution in [0.4, 0.5) is 9.52 Å². The number of carbonyl (C=O) groups is 1. The van der Waals surface area contributed by atoms with Gasteiger partial charge in [0.05, 0.1) is 0 Å². The molecule has 0 bridgehead atoms. The molecule has 3 aromatic rings. The lowest BCUT2D eigenvalue weighted by molar-refractivity contribution is 0.102. The van der Waals surface area contributed by atoms with Gasteiger partial charge in [0.25, 0.3) is 5.91 Å². The van der Waals surface area contributed by atoms with Crippen LogP contribution < -0.4 is 5.32 Å². The Morgan fingerprint density at radius 3 is 2.36 bits per heavy atom. The molecule has 25 heavy (non-hydrogen) atoms. The highest BCUT2D eigenvalue weighted by Crippen LogP contribution is 2.28. The molecule has 0 saturated heterocycles. The molecule has 1 heterocycles. The lowest BCUT2D eigenvalue weighted by Crippen LogP contribution is -2.14. The summed E-state index contributed by atoms with van der Waals surface area (Å²) in [4.78, 5) is 12.3. The van der Waals surface area contributed by atoms with E-state index in [0.717, 1.165) is 16.9 Å². The molecule has 4 nitrogen and oxygen atoms in total. The lowest BCUT2D eigenvalue weighted by atomic mass is 9.87. The van der Waals surface area contributed by atoms with Crippen LogP contribution in [-0.2, 0) is 5.41 Å². The standard InChI is InChI=1S/C19H18FN3OS/c1-19(2,3)13-10-8-12(9-11-13)16(24)21-18-23-22-17(25-18)14-6-4-5-7-15(14)20/h4-11H,1-3H3,(H,21,23,24). The van der Waals surface area contributed by atoms with Gasteiger partial charge in [-0.3, -0.25) is 10.1 Å². The molecular weight excluding hydrogens is 337 g/mol. The predicted molar refractivity (Wildman–Crippen MR) is 98.4 cm³/mol. The van der Waals surface area contributed by atoms with Crippen molar-refractivity contribution in [3.63, 3.8) is 0 Å². The second-order valence-corrected chi connectivity index (χ2v) is 7.65. The number of hydrogen-bond acceptors (Lipinski definition) is 4. The molecular formula is C19H18FN3OS. The summed E-state index contributed by atoms with van der Waals surface area (Å²) in [6.07, 6.45) is 0. The molecule has 0 aliphatic rings. The van der Waals surface area contributed by atoms with Gasteiger partial charge >= 0.3 is 0 Å². The molecule has 3 rings (SSSR count). The largest absolute Gasteiger partial charge is 0.296 e. The summed E-state index contributed by atoms with van der Waals surface area (Å²) < 4.78 is 13.8. The van der Waals surface area contributed by atoms with Gasteiger partial charge in [0.2, 0.25) is 5.13 Å². The van der Waals surface area contributed by atoms with E-state index in [9.17, 15) is 9.18 Å². The third-order valence-electron chi connectivity index (χ3n) is 3.76. The fourth-order valence-corrected chi connectivity index (χ4v) is 3.07. The number of halogens is 1. The molecule has 0 spiro atoms. The zero-order valence-corrected chi connectivity index (χ0v) is 15.0. The Hall–Kier alpha value is -2.60. The zero-order valence-electron chi connectivity index (χ0n) is 14.2. The maximum absolute atomic E-state index is 13.8. The van der Waals surface area contributed by atoms with Gasteiger partial charge < -0.3 is 0 Å². The van der Waals surface area contributed by atoms with Gasteiger partial charge in [0, 0.05) is 11.1 Å². The van der Waals surface area contributed by atoms with Crippen molar-refractivity contribution in [3.8, 4) is 10.6 Å². The summed E-state index contributed by atoms with van der Waals surface area (Å²) in [5, 5.41) is 11.4. The monoisotopic (exact) mass is 355 g/mol. The Balaban J connectivity index is 1.75.